The van der Waals surface area contributed by atoms with E-state index in [1.165, 1.54) is 51.4 Å². The largest absolute Gasteiger partial charge is 0.271 e. The smallest absolute Gasteiger partial charge is 0.0238 e. The van der Waals surface area contributed by atoms with Crippen molar-refractivity contribution in [2.45, 2.75) is 71.3 Å². The molecule has 2 fully saturated rings. The van der Waals surface area contributed by atoms with Crippen LogP contribution in [0.25, 0.3) is 0 Å². The highest BCUT2D eigenvalue weighted by Crippen LogP contribution is 2.38. The van der Waals surface area contributed by atoms with Gasteiger partial charge in [0, 0.05) is 6.04 Å². The summed E-state index contributed by atoms with van der Waals surface area (Å²) in [6.45, 7) is 4.74. The van der Waals surface area contributed by atoms with E-state index in [0.717, 1.165) is 23.7 Å². The minimum absolute atomic E-state index is 0.587. The molecule has 0 aromatic rings. The molecule has 0 heterocycles. The quantitative estimate of drug-likeness (QED) is 0.549. The van der Waals surface area contributed by atoms with E-state index in [-0.39, 0.29) is 0 Å². The van der Waals surface area contributed by atoms with Gasteiger partial charge in [0.1, 0.15) is 0 Å². The molecule has 1 unspecified atom stereocenters. The van der Waals surface area contributed by atoms with Crippen LogP contribution < -0.4 is 11.3 Å². The Hall–Kier alpha value is -0.0800. The fraction of sp³-hybridized carbons (Fsp3) is 1.00. The van der Waals surface area contributed by atoms with Crippen LogP contribution in [-0.4, -0.2) is 6.04 Å². The predicted octanol–water partition coefficient (Wildman–Crippen LogP) is 3.47. The Kier molecular flexibility index (Phi) is 4.87. The number of hydrogen-bond donors (Lipinski definition) is 2. The second kappa shape index (κ2) is 6.19. The molecular formula is C15H30N2. The minimum atomic E-state index is 0.587. The van der Waals surface area contributed by atoms with Crippen molar-refractivity contribution in [3.05, 3.63) is 0 Å². The monoisotopic (exact) mass is 238 g/mol. The molecule has 0 spiro atoms. The Labute approximate surface area is 107 Å². The summed E-state index contributed by atoms with van der Waals surface area (Å²) in [4.78, 5) is 0. The fourth-order valence-corrected chi connectivity index (χ4v) is 3.49. The van der Waals surface area contributed by atoms with Crippen molar-refractivity contribution in [2.24, 2.45) is 29.5 Å². The Balaban J connectivity index is 1.72. The van der Waals surface area contributed by atoms with Gasteiger partial charge >= 0.3 is 0 Å². The average molecular weight is 238 g/mol. The predicted molar refractivity (Wildman–Crippen MR) is 73.4 cm³/mol. The summed E-state index contributed by atoms with van der Waals surface area (Å²) in [5, 5.41) is 0. The van der Waals surface area contributed by atoms with Crippen LogP contribution in [0.15, 0.2) is 0 Å². The second-order valence-electron chi connectivity index (χ2n) is 6.71. The van der Waals surface area contributed by atoms with Crippen molar-refractivity contribution in [3.8, 4) is 0 Å². The van der Waals surface area contributed by atoms with Crippen LogP contribution in [0.2, 0.25) is 0 Å². The van der Waals surface area contributed by atoms with Crippen LogP contribution in [0.3, 0.4) is 0 Å². The van der Waals surface area contributed by atoms with Crippen molar-refractivity contribution in [3.63, 3.8) is 0 Å². The Morgan fingerprint density at radius 2 is 1.59 bits per heavy atom. The lowest BCUT2D eigenvalue weighted by atomic mass is 9.74. The van der Waals surface area contributed by atoms with Gasteiger partial charge in [-0.2, -0.15) is 0 Å². The lowest BCUT2D eigenvalue weighted by Crippen LogP contribution is -2.42. The van der Waals surface area contributed by atoms with Crippen molar-refractivity contribution in [1.82, 2.24) is 5.43 Å². The van der Waals surface area contributed by atoms with Crippen LogP contribution in [0, 0.1) is 23.7 Å². The van der Waals surface area contributed by atoms with Gasteiger partial charge in [0.2, 0.25) is 0 Å². The lowest BCUT2D eigenvalue weighted by Gasteiger charge is -2.35. The Morgan fingerprint density at radius 1 is 1.00 bits per heavy atom. The van der Waals surface area contributed by atoms with Crippen molar-refractivity contribution >= 4 is 0 Å². The van der Waals surface area contributed by atoms with E-state index in [9.17, 15) is 0 Å². The van der Waals surface area contributed by atoms with E-state index in [2.05, 4.69) is 19.3 Å². The first-order valence-electron chi connectivity index (χ1n) is 7.66. The van der Waals surface area contributed by atoms with Crippen LogP contribution in [-0.2, 0) is 0 Å². The van der Waals surface area contributed by atoms with Crippen molar-refractivity contribution in [2.75, 3.05) is 0 Å². The minimum Gasteiger partial charge on any atom is -0.271 e. The number of nitrogens with two attached hydrogens (primary N) is 1. The molecule has 2 saturated carbocycles. The molecule has 0 aliphatic heterocycles. The first-order valence-corrected chi connectivity index (χ1v) is 7.66. The highest BCUT2D eigenvalue weighted by Gasteiger charge is 2.29. The summed E-state index contributed by atoms with van der Waals surface area (Å²) < 4.78 is 0. The maximum Gasteiger partial charge on any atom is 0.0238 e. The Bertz CT molecular complexity index is 215. The van der Waals surface area contributed by atoms with Crippen LogP contribution in [0.5, 0.6) is 0 Å². The third-order valence-electron chi connectivity index (χ3n) is 5.13. The van der Waals surface area contributed by atoms with Gasteiger partial charge in [-0.05, 0) is 62.2 Å². The second-order valence-corrected chi connectivity index (χ2v) is 6.71. The normalized spacial score (nSPS) is 31.8. The van der Waals surface area contributed by atoms with E-state index >= 15 is 0 Å². The zero-order valence-electron chi connectivity index (χ0n) is 11.6. The van der Waals surface area contributed by atoms with E-state index in [0.29, 0.717) is 6.04 Å². The van der Waals surface area contributed by atoms with Crippen LogP contribution in [0.1, 0.15) is 65.2 Å². The molecule has 3 N–H and O–H groups in total. The van der Waals surface area contributed by atoms with E-state index in [1.807, 2.05) is 0 Å². The molecule has 2 nitrogen and oxygen atoms in total. The van der Waals surface area contributed by atoms with Gasteiger partial charge in [-0.15, -0.1) is 0 Å². The molecule has 2 rings (SSSR count). The number of hydrazine groups is 1. The molecule has 0 bridgehead atoms. The molecule has 2 aliphatic rings. The van der Waals surface area contributed by atoms with E-state index in [1.54, 1.807) is 0 Å². The first-order chi connectivity index (χ1) is 8.20. The summed E-state index contributed by atoms with van der Waals surface area (Å²) in [5.41, 5.74) is 3.10. The molecule has 100 valence electrons. The number of rotatable bonds is 6. The highest BCUT2D eigenvalue weighted by atomic mass is 15.2. The molecule has 17 heavy (non-hydrogen) atoms. The van der Waals surface area contributed by atoms with Gasteiger partial charge in [0.05, 0.1) is 0 Å². The van der Waals surface area contributed by atoms with Crippen molar-refractivity contribution in [1.29, 1.82) is 0 Å². The van der Waals surface area contributed by atoms with Gasteiger partial charge in [-0.1, -0.05) is 26.7 Å². The number of hydrogen-bond acceptors (Lipinski definition) is 2. The third-order valence-corrected chi connectivity index (χ3v) is 5.13. The van der Waals surface area contributed by atoms with Crippen LogP contribution in [0.4, 0.5) is 0 Å². The molecule has 1 atom stereocenters. The number of nitrogens with one attached hydrogen (secondary N) is 1. The van der Waals surface area contributed by atoms with Crippen LogP contribution >= 0.6 is 0 Å². The molecule has 0 saturated heterocycles. The average Bonchev–Trinajstić information content (AvgIpc) is 3.14. The maximum absolute atomic E-state index is 5.75. The molecule has 2 aliphatic carbocycles. The van der Waals surface area contributed by atoms with Gasteiger partial charge in [0.15, 0.2) is 0 Å². The summed E-state index contributed by atoms with van der Waals surface area (Å²) in [6, 6.07) is 0.587. The van der Waals surface area contributed by atoms with Gasteiger partial charge < -0.3 is 0 Å². The topological polar surface area (TPSA) is 38.0 Å². The van der Waals surface area contributed by atoms with Gasteiger partial charge in [-0.3, -0.25) is 11.3 Å². The standard InChI is InChI=1S/C15H30N2/c1-11(2)13-6-8-14(9-7-13)15(17-16)10-5-12-3-4-12/h11-15,17H,3-10,16H2,1-2H3. The molecule has 0 amide bonds. The van der Waals surface area contributed by atoms with E-state index in [4.69, 9.17) is 5.84 Å². The zero-order valence-corrected chi connectivity index (χ0v) is 11.6. The van der Waals surface area contributed by atoms with E-state index < -0.39 is 0 Å². The SMILES string of the molecule is CC(C)C1CCC(C(CCC2CC2)NN)CC1. The molecule has 0 aromatic heterocycles. The highest BCUT2D eigenvalue weighted by molar-refractivity contribution is 4.84. The summed E-state index contributed by atoms with van der Waals surface area (Å²) >= 11 is 0. The summed E-state index contributed by atoms with van der Waals surface area (Å²) in [5.74, 6) is 9.47. The summed E-state index contributed by atoms with van der Waals surface area (Å²) in [6.07, 6.45) is 11.3. The van der Waals surface area contributed by atoms with Gasteiger partial charge in [-0.25, -0.2) is 0 Å². The molecule has 0 aromatic carbocycles. The molecule has 2 heteroatoms. The molecule has 0 radical (unpaired) electrons. The van der Waals surface area contributed by atoms with Crippen molar-refractivity contribution < 1.29 is 0 Å². The molecular weight excluding hydrogens is 208 g/mol. The summed E-state index contributed by atoms with van der Waals surface area (Å²) in [7, 11) is 0. The third kappa shape index (κ3) is 3.96. The Morgan fingerprint density at radius 3 is 2.06 bits per heavy atom. The zero-order chi connectivity index (χ0) is 12.3. The van der Waals surface area contributed by atoms with Gasteiger partial charge in [0.25, 0.3) is 0 Å². The fourth-order valence-electron chi connectivity index (χ4n) is 3.49. The maximum atomic E-state index is 5.75. The first kappa shape index (κ1) is 13.4. The lowest BCUT2D eigenvalue weighted by molar-refractivity contribution is 0.182.